The number of fused-ring (bicyclic) bond motifs is 1. The number of rotatable bonds is 5. The zero-order valence-corrected chi connectivity index (χ0v) is 16.0. The molecule has 6 nitrogen and oxygen atoms in total. The molecule has 8 heteroatoms. The van der Waals surface area contributed by atoms with E-state index in [0.717, 1.165) is 41.9 Å². The standard InChI is InChI=1S/C21H22F2N4O2/c1-13-3-2-6-26(13)11-15-12-27(10-14-4-5-16(22)7-18(14)23)20-9-24-19(8-17(15)20)21(28)25-29/h4-5,7-9,12-13,29H,2-3,6,10-11H2,1H3,(H,25,28). The van der Waals surface area contributed by atoms with E-state index in [9.17, 15) is 13.6 Å². The number of hydroxylamine groups is 1. The van der Waals surface area contributed by atoms with Crippen LogP contribution in [-0.4, -0.2) is 38.2 Å². The SMILES string of the molecule is CC1CCCN1Cc1cn(Cc2ccc(F)cc2F)c2cnc(C(=O)NO)cc12. The maximum absolute atomic E-state index is 14.2. The Hall–Kier alpha value is -2.84. The van der Waals surface area contributed by atoms with Gasteiger partial charge in [-0.3, -0.25) is 14.9 Å². The van der Waals surface area contributed by atoms with Crippen LogP contribution in [0, 0.1) is 11.6 Å². The fourth-order valence-electron chi connectivity index (χ4n) is 3.98. The Kier molecular flexibility index (Phi) is 5.29. The first kappa shape index (κ1) is 19.5. The van der Waals surface area contributed by atoms with Crippen molar-refractivity contribution in [3.8, 4) is 0 Å². The van der Waals surface area contributed by atoms with Crippen LogP contribution in [0.5, 0.6) is 0 Å². The normalized spacial score (nSPS) is 17.2. The van der Waals surface area contributed by atoms with E-state index < -0.39 is 17.5 Å². The fraction of sp³-hybridized carbons (Fsp3) is 0.333. The number of aromatic nitrogens is 2. The van der Waals surface area contributed by atoms with Gasteiger partial charge in [-0.1, -0.05) is 6.07 Å². The molecule has 1 unspecified atom stereocenters. The van der Waals surface area contributed by atoms with Crippen molar-refractivity contribution < 1.29 is 18.8 Å². The first-order chi connectivity index (χ1) is 14.0. The summed E-state index contributed by atoms with van der Waals surface area (Å²) in [6, 6.07) is 5.63. The molecule has 2 N–H and O–H groups in total. The van der Waals surface area contributed by atoms with Gasteiger partial charge in [-0.15, -0.1) is 0 Å². The van der Waals surface area contributed by atoms with E-state index in [4.69, 9.17) is 5.21 Å². The van der Waals surface area contributed by atoms with E-state index in [1.165, 1.54) is 18.3 Å². The molecule has 1 aliphatic heterocycles. The van der Waals surface area contributed by atoms with Gasteiger partial charge < -0.3 is 4.57 Å². The predicted octanol–water partition coefficient (Wildman–Crippen LogP) is 3.47. The van der Waals surface area contributed by atoms with Gasteiger partial charge in [0.25, 0.3) is 5.91 Å². The summed E-state index contributed by atoms with van der Waals surface area (Å²) in [6.07, 6.45) is 5.75. The van der Waals surface area contributed by atoms with Crippen molar-refractivity contribution in [2.45, 2.75) is 38.9 Å². The van der Waals surface area contributed by atoms with Gasteiger partial charge in [-0.25, -0.2) is 19.2 Å². The summed E-state index contributed by atoms with van der Waals surface area (Å²) in [4.78, 5) is 18.3. The van der Waals surface area contributed by atoms with Crippen LogP contribution in [0.3, 0.4) is 0 Å². The third-order valence-electron chi connectivity index (χ3n) is 5.60. The molecule has 3 heterocycles. The highest BCUT2D eigenvalue weighted by molar-refractivity contribution is 5.96. The number of benzene rings is 1. The molecule has 4 rings (SSSR count). The average molecular weight is 400 g/mol. The number of carbonyl (C=O) groups is 1. The Morgan fingerprint density at radius 1 is 1.28 bits per heavy atom. The molecule has 0 saturated carbocycles. The Bertz CT molecular complexity index is 1070. The second-order valence-electron chi connectivity index (χ2n) is 7.51. The lowest BCUT2D eigenvalue weighted by Gasteiger charge is -2.20. The topological polar surface area (TPSA) is 70.4 Å². The van der Waals surface area contributed by atoms with Gasteiger partial charge in [0.15, 0.2) is 0 Å². The summed E-state index contributed by atoms with van der Waals surface area (Å²) < 4.78 is 29.3. The Balaban J connectivity index is 1.76. The molecule has 1 atom stereocenters. The van der Waals surface area contributed by atoms with Gasteiger partial charge in [0.1, 0.15) is 17.3 Å². The lowest BCUT2D eigenvalue weighted by Crippen LogP contribution is -2.26. The Morgan fingerprint density at radius 3 is 2.79 bits per heavy atom. The van der Waals surface area contributed by atoms with E-state index in [0.29, 0.717) is 18.2 Å². The number of hydrogen-bond donors (Lipinski definition) is 2. The summed E-state index contributed by atoms with van der Waals surface area (Å²) in [5.74, 6) is -1.91. The lowest BCUT2D eigenvalue weighted by atomic mass is 10.1. The highest BCUT2D eigenvalue weighted by Gasteiger charge is 2.23. The third kappa shape index (κ3) is 3.86. The minimum atomic E-state index is -0.690. The van der Waals surface area contributed by atoms with Crippen molar-refractivity contribution in [2.24, 2.45) is 0 Å². The molecular weight excluding hydrogens is 378 g/mol. The summed E-state index contributed by atoms with van der Waals surface area (Å²) in [5, 5.41) is 9.74. The van der Waals surface area contributed by atoms with Crippen LogP contribution in [0.1, 0.15) is 41.4 Å². The molecule has 3 aromatic rings. The first-order valence-electron chi connectivity index (χ1n) is 9.56. The molecule has 1 saturated heterocycles. The number of nitrogens with zero attached hydrogens (tertiary/aromatic N) is 3. The quantitative estimate of drug-likeness (QED) is 0.508. The largest absolute Gasteiger partial charge is 0.341 e. The van der Waals surface area contributed by atoms with Gasteiger partial charge in [-0.05, 0) is 44.0 Å². The number of amides is 1. The monoisotopic (exact) mass is 400 g/mol. The van der Waals surface area contributed by atoms with Crippen LogP contribution in [0.15, 0.2) is 36.7 Å². The summed E-state index contributed by atoms with van der Waals surface area (Å²) in [7, 11) is 0. The Morgan fingerprint density at radius 2 is 2.10 bits per heavy atom. The van der Waals surface area contributed by atoms with E-state index in [-0.39, 0.29) is 12.2 Å². The third-order valence-corrected chi connectivity index (χ3v) is 5.60. The van der Waals surface area contributed by atoms with Crippen molar-refractivity contribution >= 4 is 16.8 Å². The zero-order chi connectivity index (χ0) is 20.5. The minimum absolute atomic E-state index is 0.0985. The molecule has 152 valence electrons. The summed E-state index contributed by atoms with van der Waals surface area (Å²) in [5.41, 5.74) is 3.79. The van der Waals surface area contributed by atoms with E-state index in [1.54, 1.807) is 11.5 Å². The van der Waals surface area contributed by atoms with E-state index >= 15 is 0 Å². The maximum atomic E-state index is 14.2. The highest BCUT2D eigenvalue weighted by atomic mass is 19.1. The summed E-state index contributed by atoms with van der Waals surface area (Å²) >= 11 is 0. The molecular formula is C21H22F2N4O2. The molecule has 29 heavy (non-hydrogen) atoms. The molecule has 1 amide bonds. The van der Waals surface area contributed by atoms with Gasteiger partial charge in [0.05, 0.1) is 18.3 Å². The van der Waals surface area contributed by atoms with Gasteiger partial charge in [0, 0.05) is 35.8 Å². The molecule has 1 aromatic carbocycles. The second kappa shape index (κ2) is 7.88. The predicted molar refractivity (Wildman–Crippen MR) is 104 cm³/mol. The van der Waals surface area contributed by atoms with Crippen molar-refractivity contribution in [3.63, 3.8) is 0 Å². The second-order valence-corrected chi connectivity index (χ2v) is 7.51. The minimum Gasteiger partial charge on any atom is -0.341 e. The number of hydrogen-bond acceptors (Lipinski definition) is 4. The molecule has 0 bridgehead atoms. The molecule has 1 fully saturated rings. The number of halogens is 2. The zero-order valence-electron chi connectivity index (χ0n) is 16.0. The van der Waals surface area contributed by atoms with Gasteiger partial charge >= 0.3 is 0 Å². The van der Waals surface area contributed by atoms with Crippen molar-refractivity contribution in [1.29, 1.82) is 0 Å². The number of nitrogens with one attached hydrogen (secondary N) is 1. The number of likely N-dealkylation sites (tertiary alicyclic amines) is 1. The van der Waals surface area contributed by atoms with E-state index in [2.05, 4.69) is 16.8 Å². The van der Waals surface area contributed by atoms with Crippen LogP contribution in [0.4, 0.5) is 8.78 Å². The van der Waals surface area contributed by atoms with Crippen LogP contribution in [0.2, 0.25) is 0 Å². The maximum Gasteiger partial charge on any atom is 0.293 e. The first-order valence-corrected chi connectivity index (χ1v) is 9.56. The van der Waals surface area contributed by atoms with Crippen LogP contribution in [0.25, 0.3) is 10.9 Å². The average Bonchev–Trinajstić information content (AvgIpc) is 3.27. The van der Waals surface area contributed by atoms with Crippen molar-refractivity contribution in [1.82, 2.24) is 19.9 Å². The lowest BCUT2D eigenvalue weighted by molar-refractivity contribution is 0.0701. The molecule has 0 aliphatic carbocycles. The molecule has 0 radical (unpaired) electrons. The van der Waals surface area contributed by atoms with Gasteiger partial charge in [0.2, 0.25) is 0 Å². The number of carbonyl (C=O) groups excluding carboxylic acids is 1. The Labute approximate surface area is 166 Å². The molecule has 1 aliphatic rings. The molecule has 2 aromatic heterocycles. The highest BCUT2D eigenvalue weighted by Crippen LogP contribution is 2.27. The van der Waals surface area contributed by atoms with Crippen LogP contribution < -0.4 is 5.48 Å². The molecule has 0 spiro atoms. The van der Waals surface area contributed by atoms with Crippen LogP contribution in [-0.2, 0) is 13.1 Å². The van der Waals surface area contributed by atoms with Crippen molar-refractivity contribution in [3.05, 3.63) is 65.1 Å². The fourth-order valence-corrected chi connectivity index (χ4v) is 3.98. The van der Waals surface area contributed by atoms with Crippen molar-refractivity contribution in [2.75, 3.05) is 6.54 Å². The number of pyridine rings is 1. The van der Waals surface area contributed by atoms with E-state index in [1.807, 2.05) is 10.8 Å². The smallest absolute Gasteiger partial charge is 0.293 e. The summed E-state index contributed by atoms with van der Waals surface area (Å²) in [6.45, 7) is 4.09. The van der Waals surface area contributed by atoms with Crippen LogP contribution >= 0.6 is 0 Å². The van der Waals surface area contributed by atoms with Gasteiger partial charge in [-0.2, -0.15) is 0 Å².